The smallest absolute Gasteiger partial charge is 0.287 e. The van der Waals surface area contributed by atoms with Gasteiger partial charge in [-0.15, -0.1) is 0 Å². The zero-order valence-electron chi connectivity index (χ0n) is 14.3. The predicted molar refractivity (Wildman–Crippen MR) is 92.9 cm³/mol. The third-order valence-electron chi connectivity index (χ3n) is 3.19. The molecule has 2 amide bonds. The van der Waals surface area contributed by atoms with Gasteiger partial charge in [0.15, 0.2) is 11.5 Å². The Bertz CT molecular complexity index is 835. The SMILES string of the molecule is CNC(=O)c1cccc(CNC(=O)c2ccc(C#CC(C)(C)O)o2)c1. The summed E-state index contributed by atoms with van der Waals surface area (Å²) in [4.78, 5) is 23.7. The molecule has 0 atom stereocenters. The molecule has 6 heteroatoms. The summed E-state index contributed by atoms with van der Waals surface area (Å²) >= 11 is 0. The largest absolute Gasteiger partial charge is 0.443 e. The van der Waals surface area contributed by atoms with E-state index in [2.05, 4.69) is 22.5 Å². The molecular weight excluding hydrogens is 320 g/mol. The third-order valence-corrected chi connectivity index (χ3v) is 3.19. The molecule has 3 N–H and O–H groups in total. The molecule has 1 aromatic carbocycles. The summed E-state index contributed by atoms with van der Waals surface area (Å²) in [6.45, 7) is 3.38. The van der Waals surface area contributed by atoms with Crippen LogP contribution in [-0.4, -0.2) is 29.6 Å². The first kappa shape index (κ1) is 18.3. The van der Waals surface area contributed by atoms with Gasteiger partial charge in [-0.2, -0.15) is 0 Å². The minimum absolute atomic E-state index is 0.127. The minimum Gasteiger partial charge on any atom is -0.443 e. The van der Waals surface area contributed by atoms with Crippen LogP contribution in [0.2, 0.25) is 0 Å². The molecule has 0 aliphatic carbocycles. The maximum atomic E-state index is 12.1. The maximum absolute atomic E-state index is 12.1. The first-order chi connectivity index (χ1) is 11.8. The summed E-state index contributed by atoms with van der Waals surface area (Å²) in [6, 6.07) is 10.1. The lowest BCUT2D eigenvalue weighted by atomic mass is 10.1. The quantitative estimate of drug-likeness (QED) is 0.739. The summed E-state index contributed by atoms with van der Waals surface area (Å²) in [5.74, 6) is 5.14. The van der Waals surface area contributed by atoms with Gasteiger partial charge >= 0.3 is 0 Å². The van der Waals surface area contributed by atoms with E-state index in [9.17, 15) is 14.7 Å². The summed E-state index contributed by atoms with van der Waals surface area (Å²) in [5.41, 5.74) is 0.185. The first-order valence-electron chi connectivity index (χ1n) is 7.73. The van der Waals surface area contributed by atoms with Crippen molar-refractivity contribution in [2.24, 2.45) is 0 Å². The van der Waals surface area contributed by atoms with E-state index >= 15 is 0 Å². The molecule has 0 aliphatic heterocycles. The van der Waals surface area contributed by atoms with Crippen LogP contribution in [0.5, 0.6) is 0 Å². The summed E-state index contributed by atoms with van der Waals surface area (Å²) in [5, 5.41) is 14.8. The first-order valence-corrected chi connectivity index (χ1v) is 7.73. The van der Waals surface area contributed by atoms with E-state index in [1.54, 1.807) is 45.2 Å². The average Bonchev–Trinajstić information content (AvgIpc) is 3.06. The topological polar surface area (TPSA) is 91.6 Å². The molecule has 2 aromatic rings. The number of nitrogens with one attached hydrogen (secondary N) is 2. The van der Waals surface area contributed by atoms with Gasteiger partial charge in [0, 0.05) is 19.2 Å². The second kappa shape index (κ2) is 7.69. The molecule has 0 aliphatic rings. The molecule has 0 spiro atoms. The highest BCUT2D eigenvalue weighted by Crippen LogP contribution is 2.09. The molecule has 0 saturated heterocycles. The zero-order chi connectivity index (χ0) is 18.4. The normalized spacial score (nSPS) is 10.6. The molecule has 2 rings (SSSR count). The Morgan fingerprint density at radius 1 is 1.20 bits per heavy atom. The van der Waals surface area contributed by atoms with E-state index in [-0.39, 0.29) is 24.1 Å². The molecular formula is C19H20N2O4. The Balaban J connectivity index is 2.00. The second-order valence-electron chi connectivity index (χ2n) is 5.94. The molecule has 0 radical (unpaired) electrons. The van der Waals surface area contributed by atoms with Crippen LogP contribution in [0.25, 0.3) is 0 Å². The average molecular weight is 340 g/mol. The van der Waals surface area contributed by atoms with Gasteiger partial charge in [0.1, 0.15) is 5.60 Å². The number of benzene rings is 1. The minimum atomic E-state index is -1.13. The van der Waals surface area contributed by atoms with Gasteiger partial charge in [-0.25, -0.2) is 0 Å². The van der Waals surface area contributed by atoms with Gasteiger partial charge in [-0.05, 0) is 49.6 Å². The van der Waals surface area contributed by atoms with Gasteiger partial charge in [0.05, 0.1) is 0 Å². The van der Waals surface area contributed by atoms with Crippen LogP contribution in [0, 0.1) is 11.8 Å². The highest BCUT2D eigenvalue weighted by Gasteiger charge is 2.12. The number of carbonyl (C=O) groups is 2. The van der Waals surface area contributed by atoms with Crippen molar-refractivity contribution in [2.75, 3.05) is 7.05 Å². The lowest BCUT2D eigenvalue weighted by Crippen LogP contribution is -2.23. The van der Waals surface area contributed by atoms with Crippen LogP contribution in [0.3, 0.4) is 0 Å². The summed E-state index contributed by atoms with van der Waals surface area (Å²) < 4.78 is 5.35. The van der Waals surface area contributed by atoms with Gasteiger partial charge in [0.2, 0.25) is 0 Å². The maximum Gasteiger partial charge on any atom is 0.287 e. The van der Waals surface area contributed by atoms with E-state index in [4.69, 9.17) is 4.42 Å². The molecule has 1 aromatic heterocycles. The van der Waals surface area contributed by atoms with E-state index in [1.807, 2.05) is 6.07 Å². The molecule has 130 valence electrons. The number of rotatable bonds is 4. The van der Waals surface area contributed by atoms with Crippen molar-refractivity contribution in [2.45, 2.75) is 26.0 Å². The Labute approximate surface area is 146 Å². The van der Waals surface area contributed by atoms with Gasteiger partial charge < -0.3 is 20.2 Å². The van der Waals surface area contributed by atoms with Crippen molar-refractivity contribution in [3.8, 4) is 11.8 Å². The van der Waals surface area contributed by atoms with E-state index in [1.165, 1.54) is 6.07 Å². The highest BCUT2D eigenvalue weighted by atomic mass is 16.3. The monoisotopic (exact) mass is 340 g/mol. The Hall–Kier alpha value is -3.04. The van der Waals surface area contributed by atoms with Crippen molar-refractivity contribution < 1.29 is 19.1 Å². The predicted octanol–water partition coefficient (Wildman–Crippen LogP) is 1.69. The van der Waals surface area contributed by atoms with Crippen molar-refractivity contribution in [3.05, 3.63) is 59.0 Å². The highest BCUT2D eigenvalue weighted by molar-refractivity contribution is 5.94. The molecule has 1 heterocycles. The Kier molecular flexibility index (Phi) is 5.63. The molecule has 0 unspecified atom stereocenters. The van der Waals surface area contributed by atoms with Crippen molar-refractivity contribution in [3.63, 3.8) is 0 Å². The van der Waals surface area contributed by atoms with Crippen LogP contribution in [-0.2, 0) is 6.54 Å². The fraction of sp³-hybridized carbons (Fsp3) is 0.263. The van der Waals surface area contributed by atoms with E-state index < -0.39 is 5.60 Å². The molecule has 0 fully saturated rings. The molecule has 0 bridgehead atoms. The van der Waals surface area contributed by atoms with Crippen molar-refractivity contribution in [1.29, 1.82) is 0 Å². The number of hydrogen-bond acceptors (Lipinski definition) is 4. The Morgan fingerprint density at radius 3 is 2.64 bits per heavy atom. The molecule has 6 nitrogen and oxygen atoms in total. The number of carbonyl (C=O) groups excluding carboxylic acids is 2. The van der Waals surface area contributed by atoms with Crippen LogP contribution < -0.4 is 10.6 Å². The standard InChI is InChI=1S/C19H20N2O4/c1-19(2,24)10-9-15-7-8-16(25-15)18(23)21-12-13-5-4-6-14(11-13)17(22)20-3/h4-8,11,24H,12H2,1-3H3,(H,20,22)(H,21,23). The Morgan fingerprint density at radius 2 is 1.96 bits per heavy atom. The number of furan rings is 1. The fourth-order valence-corrected chi connectivity index (χ4v) is 1.98. The lowest BCUT2D eigenvalue weighted by molar-refractivity contribution is 0.0922. The number of amides is 2. The van der Waals surface area contributed by atoms with Crippen LogP contribution >= 0.6 is 0 Å². The zero-order valence-corrected chi connectivity index (χ0v) is 14.3. The second-order valence-corrected chi connectivity index (χ2v) is 5.94. The number of hydrogen-bond donors (Lipinski definition) is 3. The van der Waals surface area contributed by atoms with Gasteiger partial charge in [-0.3, -0.25) is 9.59 Å². The fourth-order valence-electron chi connectivity index (χ4n) is 1.98. The van der Waals surface area contributed by atoms with E-state index in [0.717, 1.165) is 5.56 Å². The number of aliphatic hydroxyl groups is 1. The third kappa shape index (κ3) is 5.52. The lowest BCUT2D eigenvalue weighted by Gasteiger charge is -2.06. The molecule has 25 heavy (non-hydrogen) atoms. The van der Waals surface area contributed by atoms with Gasteiger partial charge in [-0.1, -0.05) is 18.1 Å². The van der Waals surface area contributed by atoms with Crippen LogP contribution in [0.1, 0.15) is 46.1 Å². The van der Waals surface area contributed by atoms with Gasteiger partial charge in [0.25, 0.3) is 11.8 Å². The summed E-state index contributed by atoms with van der Waals surface area (Å²) in [6.07, 6.45) is 0. The van der Waals surface area contributed by atoms with Crippen molar-refractivity contribution in [1.82, 2.24) is 10.6 Å². The van der Waals surface area contributed by atoms with Crippen LogP contribution in [0.15, 0.2) is 40.8 Å². The van der Waals surface area contributed by atoms with Crippen LogP contribution in [0.4, 0.5) is 0 Å². The summed E-state index contributed by atoms with van der Waals surface area (Å²) in [7, 11) is 1.56. The molecule has 0 saturated carbocycles. The van der Waals surface area contributed by atoms with E-state index in [0.29, 0.717) is 11.3 Å². The van der Waals surface area contributed by atoms with Crippen molar-refractivity contribution >= 4 is 11.8 Å².